The van der Waals surface area contributed by atoms with Gasteiger partial charge in [0, 0.05) is 26.0 Å². The van der Waals surface area contributed by atoms with Crippen LogP contribution in [0.5, 0.6) is 11.5 Å². The number of nitrogens with zero attached hydrogens (tertiary/aromatic N) is 3. The standard InChI is InChI=1S/C20H19ClN4O4S2/c1-12(26)22-8-2-3-19-23-24-20(30-10-14(27)17-6-7-18(21)31-17)25(19)13-4-5-15-16(9-13)29-11-28-15/h4-7,9H,2-3,8,10-11H2,1H3,(H,22,26). The van der Waals surface area contributed by atoms with Crippen LogP contribution in [0.3, 0.4) is 0 Å². The quantitative estimate of drug-likeness (QED) is 0.284. The van der Waals surface area contributed by atoms with E-state index in [2.05, 4.69) is 15.5 Å². The van der Waals surface area contributed by atoms with Crippen LogP contribution in [0.4, 0.5) is 0 Å². The van der Waals surface area contributed by atoms with Crippen molar-refractivity contribution < 1.29 is 19.1 Å². The van der Waals surface area contributed by atoms with E-state index in [1.807, 2.05) is 22.8 Å². The lowest BCUT2D eigenvalue weighted by atomic mass is 10.2. The maximum atomic E-state index is 12.5. The number of carbonyl (C=O) groups excluding carboxylic acids is 2. The molecule has 1 amide bonds. The van der Waals surface area contributed by atoms with Crippen molar-refractivity contribution in [1.29, 1.82) is 0 Å². The number of Topliss-reactive ketones (excluding diaryl/α,β-unsaturated/α-hetero) is 1. The second-order valence-corrected chi connectivity index (χ2v) is 9.33. The third-order valence-electron chi connectivity index (χ3n) is 4.45. The van der Waals surface area contributed by atoms with Gasteiger partial charge in [-0.2, -0.15) is 0 Å². The van der Waals surface area contributed by atoms with Crippen LogP contribution in [0.2, 0.25) is 4.34 Å². The van der Waals surface area contributed by atoms with E-state index >= 15 is 0 Å². The Morgan fingerprint density at radius 2 is 2.06 bits per heavy atom. The van der Waals surface area contributed by atoms with Crippen LogP contribution in [0.15, 0.2) is 35.5 Å². The number of nitrogens with one attached hydrogen (secondary N) is 1. The molecule has 0 fully saturated rings. The number of aromatic nitrogens is 3. The van der Waals surface area contributed by atoms with Gasteiger partial charge >= 0.3 is 0 Å². The van der Waals surface area contributed by atoms with Gasteiger partial charge in [-0.15, -0.1) is 21.5 Å². The first-order valence-electron chi connectivity index (χ1n) is 9.51. The summed E-state index contributed by atoms with van der Waals surface area (Å²) in [6, 6.07) is 9.05. The third kappa shape index (κ3) is 5.20. The van der Waals surface area contributed by atoms with Crippen molar-refractivity contribution in [3.05, 3.63) is 45.4 Å². The molecule has 31 heavy (non-hydrogen) atoms. The van der Waals surface area contributed by atoms with Crippen LogP contribution >= 0.6 is 34.7 Å². The normalized spacial score (nSPS) is 12.2. The number of amides is 1. The molecule has 0 saturated heterocycles. The molecule has 1 N–H and O–H groups in total. The van der Waals surface area contributed by atoms with Crippen molar-refractivity contribution >= 4 is 46.4 Å². The first kappa shape index (κ1) is 21.7. The minimum absolute atomic E-state index is 0.0191. The van der Waals surface area contributed by atoms with E-state index in [0.29, 0.717) is 45.3 Å². The summed E-state index contributed by atoms with van der Waals surface area (Å²) in [4.78, 5) is 24.2. The second-order valence-electron chi connectivity index (χ2n) is 6.67. The average molecular weight is 479 g/mol. The van der Waals surface area contributed by atoms with Crippen molar-refractivity contribution in [2.75, 3.05) is 19.1 Å². The molecule has 3 heterocycles. The van der Waals surface area contributed by atoms with E-state index in [4.69, 9.17) is 21.1 Å². The van der Waals surface area contributed by atoms with Gasteiger partial charge in [-0.25, -0.2) is 0 Å². The predicted molar refractivity (Wildman–Crippen MR) is 119 cm³/mol. The number of ketones is 1. The molecule has 0 atom stereocenters. The Hall–Kier alpha value is -2.56. The zero-order chi connectivity index (χ0) is 21.8. The molecule has 0 radical (unpaired) electrons. The largest absolute Gasteiger partial charge is 0.454 e. The second kappa shape index (κ2) is 9.71. The maximum Gasteiger partial charge on any atom is 0.231 e. The fraction of sp³-hybridized carbons (Fsp3) is 0.300. The van der Waals surface area contributed by atoms with Gasteiger partial charge in [0.1, 0.15) is 5.82 Å². The molecular weight excluding hydrogens is 460 g/mol. The van der Waals surface area contributed by atoms with Crippen LogP contribution in [0.25, 0.3) is 5.69 Å². The number of fused-ring (bicyclic) bond motifs is 1. The van der Waals surface area contributed by atoms with Crippen LogP contribution in [0.1, 0.15) is 28.8 Å². The number of halogens is 1. The number of thioether (sulfide) groups is 1. The number of thiophene rings is 1. The van der Waals surface area contributed by atoms with Crippen molar-refractivity contribution in [3.8, 4) is 17.2 Å². The Morgan fingerprint density at radius 1 is 1.23 bits per heavy atom. The topological polar surface area (TPSA) is 95.3 Å². The number of hydrogen-bond acceptors (Lipinski definition) is 8. The summed E-state index contributed by atoms with van der Waals surface area (Å²) in [6.45, 7) is 2.22. The molecule has 4 rings (SSSR count). The molecule has 3 aromatic rings. The van der Waals surface area contributed by atoms with Crippen LogP contribution in [-0.4, -0.2) is 45.5 Å². The van der Waals surface area contributed by atoms with Crippen molar-refractivity contribution in [1.82, 2.24) is 20.1 Å². The molecule has 0 saturated carbocycles. The summed E-state index contributed by atoms with van der Waals surface area (Å²) in [7, 11) is 0. The highest BCUT2D eigenvalue weighted by atomic mass is 35.5. The Bertz CT molecular complexity index is 1110. The van der Waals surface area contributed by atoms with Crippen LogP contribution in [0, 0.1) is 0 Å². The Morgan fingerprint density at radius 3 is 2.84 bits per heavy atom. The highest BCUT2D eigenvalue weighted by Gasteiger charge is 2.20. The van der Waals surface area contributed by atoms with Gasteiger partial charge in [0.2, 0.25) is 12.7 Å². The van der Waals surface area contributed by atoms with E-state index in [9.17, 15) is 9.59 Å². The molecule has 0 aliphatic carbocycles. The van der Waals surface area contributed by atoms with Crippen molar-refractivity contribution in [3.63, 3.8) is 0 Å². The van der Waals surface area contributed by atoms with Crippen molar-refractivity contribution in [2.45, 2.75) is 24.9 Å². The van der Waals surface area contributed by atoms with E-state index < -0.39 is 0 Å². The molecule has 0 spiro atoms. The SMILES string of the molecule is CC(=O)NCCCc1nnc(SCC(=O)c2ccc(Cl)s2)n1-c1ccc2c(c1)OCO2. The number of benzene rings is 1. The Labute approximate surface area is 191 Å². The monoisotopic (exact) mass is 478 g/mol. The van der Waals surface area contributed by atoms with Gasteiger partial charge in [-0.1, -0.05) is 23.4 Å². The van der Waals surface area contributed by atoms with E-state index in [1.165, 1.54) is 30.0 Å². The van der Waals surface area contributed by atoms with Gasteiger partial charge in [0.15, 0.2) is 22.4 Å². The zero-order valence-electron chi connectivity index (χ0n) is 16.6. The highest BCUT2D eigenvalue weighted by molar-refractivity contribution is 7.99. The van der Waals surface area contributed by atoms with Gasteiger partial charge in [0.25, 0.3) is 0 Å². The minimum atomic E-state index is -0.0688. The minimum Gasteiger partial charge on any atom is -0.454 e. The molecule has 1 aliphatic heterocycles. The van der Waals surface area contributed by atoms with Gasteiger partial charge in [-0.05, 0) is 30.7 Å². The maximum absolute atomic E-state index is 12.5. The van der Waals surface area contributed by atoms with Crippen LogP contribution < -0.4 is 14.8 Å². The Balaban J connectivity index is 1.55. The smallest absolute Gasteiger partial charge is 0.231 e. The summed E-state index contributed by atoms with van der Waals surface area (Å²) in [5.41, 5.74) is 0.817. The predicted octanol–water partition coefficient (Wildman–Crippen LogP) is 3.75. The summed E-state index contributed by atoms with van der Waals surface area (Å²) in [5, 5.41) is 12.0. The summed E-state index contributed by atoms with van der Waals surface area (Å²) in [6.07, 6.45) is 1.32. The van der Waals surface area contributed by atoms with Crippen LogP contribution in [-0.2, 0) is 11.2 Å². The lowest BCUT2D eigenvalue weighted by Crippen LogP contribution is -2.21. The third-order valence-corrected chi connectivity index (χ3v) is 6.65. The average Bonchev–Trinajstić information content (AvgIpc) is 3.48. The zero-order valence-corrected chi connectivity index (χ0v) is 19.0. The number of ether oxygens (including phenoxy) is 2. The number of rotatable bonds is 9. The van der Waals surface area contributed by atoms with E-state index in [1.54, 1.807) is 12.1 Å². The van der Waals surface area contributed by atoms with Gasteiger partial charge in [-0.3, -0.25) is 14.2 Å². The summed E-state index contributed by atoms with van der Waals surface area (Å²) < 4.78 is 13.4. The molecular formula is C20H19ClN4O4S2. The molecule has 162 valence electrons. The number of hydrogen-bond donors (Lipinski definition) is 1. The van der Waals surface area contributed by atoms with E-state index in [-0.39, 0.29) is 24.2 Å². The lowest BCUT2D eigenvalue weighted by molar-refractivity contribution is -0.118. The molecule has 1 aliphatic rings. The van der Waals surface area contributed by atoms with Gasteiger partial charge < -0.3 is 14.8 Å². The highest BCUT2D eigenvalue weighted by Crippen LogP contribution is 2.35. The van der Waals surface area contributed by atoms with E-state index in [0.717, 1.165) is 11.5 Å². The molecule has 8 nitrogen and oxygen atoms in total. The molecule has 0 bridgehead atoms. The number of aryl methyl sites for hydroxylation is 1. The summed E-state index contributed by atoms with van der Waals surface area (Å²) in [5.74, 6) is 2.19. The fourth-order valence-corrected chi connectivity index (χ4v) is 4.94. The molecule has 1 aromatic carbocycles. The first-order chi connectivity index (χ1) is 15.0. The lowest BCUT2D eigenvalue weighted by Gasteiger charge is -2.11. The molecule has 11 heteroatoms. The Kier molecular flexibility index (Phi) is 6.79. The number of carbonyl (C=O) groups is 2. The summed E-state index contributed by atoms with van der Waals surface area (Å²) >= 11 is 8.52. The van der Waals surface area contributed by atoms with Gasteiger partial charge in [0.05, 0.1) is 20.7 Å². The molecule has 2 aromatic heterocycles. The van der Waals surface area contributed by atoms with Crippen molar-refractivity contribution in [2.24, 2.45) is 0 Å². The fourth-order valence-electron chi connectivity index (χ4n) is 3.02. The first-order valence-corrected chi connectivity index (χ1v) is 11.7. The molecule has 0 unspecified atom stereocenters.